The third kappa shape index (κ3) is 9.64. The van der Waals surface area contributed by atoms with Gasteiger partial charge in [0.2, 0.25) is 0 Å². The first kappa shape index (κ1) is 32.7. The van der Waals surface area contributed by atoms with Gasteiger partial charge in [-0.3, -0.25) is 9.59 Å². The monoisotopic (exact) mass is 679 g/mol. The smallest absolute Gasteiger partial charge is 0.343 e. The quantitative estimate of drug-likeness (QED) is 0.149. The van der Waals surface area contributed by atoms with Gasteiger partial charge in [-0.25, -0.2) is 10.2 Å². The van der Waals surface area contributed by atoms with Crippen LogP contribution in [0.15, 0.2) is 70.2 Å². The predicted molar refractivity (Wildman–Crippen MR) is 163 cm³/mol. The van der Waals surface area contributed by atoms with E-state index in [-0.39, 0.29) is 23.8 Å². The highest BCUT2D eigenvalue weighted by Crippen LogP contribution is 2.36. The Hall–Kier alpha value is -3.80. The van der Waals surface area contributed by atoms with Crippen LogP contribution in [0.5, 0.6) is 17.2 Å². The lowest BCUT2D eigenvalue weighted by atomic mass is 10.1. The second kappa shape index (κ2) is 16.0. The molecule has 0 aliphatic carbocycles. The average molecular weight is 681 g/mol. The molecule has 0 saturated heterocycles. The number of hydrogen-bond acceptors (Lipinski definition) is 8. The molecule has 0 aromatic heterocycles. The largest absolute Gasteiger partial charge is 0.493 e. The molecular weight excluding hydrogens is 653 g/mol. The molecule has 0 saturated carbocycles. The SMILES string of the molecule is COC(=O)COc1c(Br)cc(/C=N\NC(=O)[C@@H](Cc2ccccc2)NC(=O)[C@H](C)Oc2ccc(Cl)cc2Cl)cc1OC. The Morgan fingerprint density at radius 1 is 1.00 bits per heavy atom. The van der Waals surface area contributed by atoms with Gasteiger partial charge in [0, 0.05) is 11.4 Å². The number of nitrogens with zero attached hydrogens (tertiary/aromatic N) is 1. The minimum absolute atomic E-state index is 0.202. The molecule has 3 rings (SSSR count). The van der Waals surface area contributed by atoms with Crippen LogP contribution in [0.2, 0.25) is 10.0 Å². The van der Waals surface area contributed by atoms with Crippen molar-refractivity contribution in [2.45, 2.75) is 25.5 Å². The number of halogens is 3. The molecule has 42 heavy (non-hydrogen) atoms. The van der Waals surface area contributed by atoms with E-state index in [1.54, 1.807) is 31.2 Å². The maximum Gasteiger partial charge on any atom is 0.343 e. The normalized spacial score (nSPS) is 12.2. The second-order valence-corrected chi connectivity index (χ2v) is 10.4. The summed E-state index contributed by atoms with van der Waals surface area (Å²) < 4.78 is 21.6. The van der Waals surface area contributed by atoms with E-state index in [9.17, 15) is 14.4 Å². The molecule has 2 amide bonds. The average Bonchev–Trinajstić information content (AvgIpc) is 2.97. The van der Waals surface area contributed by atoms with Gasteiger partial charge in [0.15, 0.2) is 24.2 Å². The van der Waals surface area contributed by atoms with E-state index < -0.39 is 29.9 Å². The van der Waals surface area contributed by atoms with Gasteiger partial charge in [-0.2, -0.15) is 5.10 Å². The molecule has 2 atom stereocenters. The molecule has 0 radical (unpaired) electrons. The molecule has 13 heteroatoms. The highest BCUT2D eigenvalue weighted by molar-refractivity contribution is 9.10. The number of rotatable bonds is 13. The molecule has 0 fully saturated rings. The van der Waals surface area contributed by atoms with Gasteiger partial charge in [0.25, 0.3) is 11.8 Å². The maximum atomic E-state index is 13.2. The number of esters is 1. The molecule has 10 nitrogen and oxygen atoms in total. The molecule has 2 N–H and O–H groups in total. The Kier molecular flexibility index (Phi) is 12.5. The van der Waals surface area contributed by atoms with Crippen LogP contribution in [-0.2, 0) is 25.5 Å². The van der Waals surface area contributed by atoms with Gasteiger partial charge in [0.05, 0.1) is 29.9 Å². The molecule has 0 aliphatic rings. The van der Waals surface area contributed by atoms with Gasteiger partial charge in [0.1, 0.15) is 11.8 Å². The van der Waals surface area contributed by atoms with Crippen molar-refractivity contribution in [1.29, 1.82) is 0 Å². The number of methoxy groups -OCH3 is 2. The van der Waals surface area contributed by atoms with E-state index in [0.717, 1.165) is 5.56 Å². The van der Waals surface area contributed by atoms with E-state index >= 15 is 0 Å². The van der Waals surface area contributed by atoms with Crippen LogP contribution in [0.4, 0.5) is 0 Å². The second-order valence-electron chi connectivity index (χ2n) is 8.72. The number of ether oxygens (including phenoxy) is 4. The van der Waals surface area contributed by atoms with E-state index in [0.29, 0.717) is 26.6 Å². The van der Waals surface area contributed by atoms with Crippen molar-refractivity contribution in [3.05, 3.63) is 86.3 Å². The summed E-state index contributed by atoms with van der Waals surface area (Å²) in [6, 6.07) is 16.2. The van der Waals surface area contributed by atoms with Crippen molar-refractivity contribution in [2.24, 2.45) is 5.10 Å². The first-order valence-corrected chi connectivity index (χ1v) is 14.0. The number of hydrogen-bond donors (Lipinski definition) is 2. The Labute approximate surface area is 261 Å². The lowest BCUT2D eigenvalue weighted by molar-refractivity contribution is -0.143. The van der Waals surface area contributed by atoms with Crippen LogP contribution in [0.25, 0.3) is 0 Å². The van der Waals surface area contributed by atoms with Crippen molar-refractivity contribution in [3.63, 3.8) is 0 Å². The summed E-state index contributed by atoms with van der Waals surface area (Å²) in [7, 11) is 2.70. The van der Waals surface area contributed by atoms with Crippen LogP contribution in [0, 0.1) is 0 Å². The molecule has 0 aliphatic heterocycles. The van der Waals surface area contributed by atoms with Crippen LogP contribution in [-0.4, -0.2) is 57.0 Å². The van der Waals surface area contributed by atoms with Gasteiger partial charge in [-0.1, -0.05) is 53.5 Å². The van der Waals surface area contributed by atoms with E-state index in [4.69, 9.17) is 37.4 Å². The number of nitrogens with one attached hydrogen (secondary N) is 2. The van der Waals surface area contributed by atoms with Crippen LogP contribution >= 0.6 is 39.1 Å². The third-order valence-corrected chi connectivity index (χ3v) is 6.80. The van der Waals surface area contributed by atoms with Gasteiger partial charge in [-0.15, -0.1) is 0 Å². The lowest BCUT2D eigenvalue weighted by Gasteiger charge is -2.21. The fraction of sp³-hybridized carbons (Fsp3) is 0.241. The Bertz CT molecular complexity index is 1440. The van der Waals surface area contributed by atoms with Crippen molar-refractivity contribution in [1.82, 2.24) is 10.7 Å². The highest BCUT2D eigenvalue weighted by Gasteiger charge is 2.25. The summed E-state index contributed by atoms with van der Waals surface area (Å²) >= 11 is 15.5. The molecule has 3 aromatic rings. The molecule has 222 valence electrons. The fourth-order valence-corrected chi connectivity index (χ4v) is 4.58. The minimum Gasteiger partial charge on any atom is -0.493 e. The van der Waals surface area contributed by atoms with Crippen LogP contribution in [0.1, 0.15) is 18.1 Å². The Morgan fingerprint density at radius 3 is 2.40 bits per heavy atom. The van der Waals surface area contributed by atoms with Crippen molar-refractivity contribution >= 4 is 63.1 Å². The predicted octanol–water partition coefficient (Wildman–Crippen LogP) is 4.96. The summed E-state index contributed by atoms with van der Waals surface area (Å²) in [5, 5.41) is 7.46. The first-order chi connectivity index (χ1) is 20.1. The summed E-state index contributed by atoms with van der Waals surface area (Å²) in [4.78, 5) is 37.6. The van der Waals surface area contributed by atoms with Gasteiger partial charge in [-0.05, 0) is 64.3 Å². The van der Waals surface area contributed by atoms with Gasteiger partial charge < -0.3 is 24.3 Å². The van der Waals surface area contributed by atoms with Crippen molar-refractivity contribution in [3.8, 4) is 17.2 Å². The standard InChI is InChI=1S/C29H28BrCl2N3O7/c1-17(42-24-10-9-20(31)14-22(24)32)28(37)34-23(12-18-7-5-4-6-8-18)29(38)35-33-15-19-11-21(30)27(25(13-19)39-2)41-16-26(36)40-3/h4-11,13-15,17,23H,12,16H2,1-3H3,(H,34,37)(H,35,38)/b33-15-/t17-,23+/m0/s1. The zero-order valence-electron chi connectivity index (χ0n) is 22.9. The summed E-state index contributed by atoms with van der Waals surface area (Å²) in [6.45, 7) is 1.24. The van der Waals surface area contributed by atoms with E-state index in [2.05, 4.69) is 36.5 Å². The van der Waals surface area contributed by atoms with E-state index in [1.807, 2.05) is 30.3 Å². The highest BCUT2D eigenvalue weighted by atomic mass is 79.9. The number of carbonyl (C=O) groups is 3. The maximum absolute atomic E-state index is 13.2. The van der Waals surface area contributed by atoms with Crippen molar-refractivity contribution < 1.29 is 33.3 Å². The number of carbonyl (C=O) groups excluding carboxylic acids is 3. The minimum atomic E-state index is -0.973. The lowest BCUT2D eigenvalue weighted by Crippen LogP contribution is -2.50. The van der Waals surface area contributed by atoms with Crippen LogP contribution < -0.4 is 25.0 Å². The zero-order chi connectivity index (χ0) is 30.6. The molecule has 0 heterocycles. The molecule has 0 bridgehead atoms. The topological polar surface area (TPSA) is 125 Å². The molecule has 0 spiro atoms. The first-order valence-electron chi connectivity index (χ1n) is 12.5. The summed E-state index contributed by atoms with van der Waals surface area (Å²) in [6.07, 6.45) is 0.627. The molecule has 3 aromatic carbocycles. The number of benzene rings is 3. The van der Waals surface area contributed by atoms with E-state index in [1.165, 1.54) is 26.5 Å². The van der Waals surface area contributed by atoms with Gasteiger partial charge >= 0.3 is 5.97 Å². The van der Waals surface area contributed by atoms with Crippen molar-refractivity contribution in [2.75, 3.05) is 20.8 Å². The summed E-state index contributed by atoms with van der Waals surface area (Å²) in [5.74, 6) is -0.734. The molecule has 0 unspecified atom stereocenters. The fourth-order valence-electron chi connectivity index (χ4n) is 3.56. The third-order valence-electron chi connectivity index (χ3n) is 5.68. The Balaban J connectivity index is 1.71. The molecular formula is C29H28BrCl2N3O7. The number of hydrazone groups is 1. The zero-order valence-corrected chi connectivity index (χ0v) is 26.0. The van der Waals surface area contributed by atoms with Crippen LogP contribution in [0.3, 0.4) is 0 Å². The number of amides is 2. The Morgan fingerprint density at radius 2 is 1.74 bits per heavy atom. The summed E-state index contributed by atoms with van der Waals surface area (Å²) in [5.41, 5.74) is 3.85.